The van der Waals surface area contributed by atoms with Gasteiger partial charge in [-0.1, -0.05) is 75.6 Å². The van der Waals surface area contributed by atoms with Crippen LogP contribution in [0.15, 0.2) is 67.3 Å². The molecule has 0 fully saturated rings. The van der Waals surface area contributed by atoms with Crippen molar-refractivity contribution < 1.29 is 19.1 Å². The Morgan fingerprint density at radius 2 is 1.83 bits per heavy atom. The third kappa shape index (κ3) is 13.0. The van der Waals surface area contributed by atoms with Gasteiger partial charge in [0.25, 0.3) is 0 Å². The van der Waals surface area contributed by atoms with Gasteiger partial charge in [0.15, 0.2) is 0 Å². The Morgan fingerprint density at radius 1 is 1.14 bits per heavy atom. The number of nitrogens with two attached hydrogens (primary N) is 1. The third-order valence-electron chi connectivity index (χ3n) is 3.43. The second-order valence-electron chi connectivity index (χ2n) is 5.59. The summed E-state index contributed by atoms with van der Waals surface area (Å²) in [6.07, 6.45) is 4.37. The van der Waals surface area contributed by atoms with Gasteiger partial charge in [-0.05, 0) is 11.1 Å². The monoisotopic (exact) mass is 403 g/mol. The van der Waals surface area contributed by atoms with Gasteiger partial charge in [0.1, 0.15) is 19.3 Å². The molecule has 0 aliphatic heterocycles. The fourth-order valence-corrected chi connectivity index (χ4v) is 1.96. The number of esters is 1. The van der Waals surface area contributed by atoms with Crippen LogP contribution in [0.3, 0.4) is 0 Å². The van der Waals surface area contributed by atoms with Crippen LogP contribution in [-0.2, 0) is 20.9 Å². The van der Waals surface area contributed by atoms with Crippen LogP contribution in [-0.4, -0.2) is 44.3 Å². The van der Waals surface area contributed by atoms with Crippen molar-refractivity contribution in [3.63, 3.8) is 0 Å². The lowest BCUT2D eigenvalue weighted by Gasteiger charge is -2.13. The molecule has 4 N–H and O–H groups in total. The highest BCUT2D eigenvalue weighted by Crippen LogP contribution is 2.00. The summed E-state index contributed by atoms with van der Waals surface area (Å²) in [4.78, 5) is 23.4. The van der Waals surface area contributed by atoms with E-state index in [4.69, 9.17) is 15.2 Å². The molecular weight excluding hydrogens is 370 g/mol. The molecule has 1 amide bonds. The molecule has 1 rings (SSSR count). The molecule has 0 aromatic heterocycles. The highest BCUT2D eigenvalue weighted by atomic mass is 16.5. The van der Waals surface area contributed by atoms with Crippen molar-refractivity contribution in [3.8, 4) is 0 Å². The lowest BCUT2D eigenvalue weighted by atomic mass is 10.2. The summed E-state index contributed by atoms with van der Waals surface area (Å²) in [5.74, 6) is -0.519. The lowest BCUT2D eigenvalue weighted by molar-refractivity contribution is -0.144. The Hall–Kier alpha value is -2.90. The minimum absolute atomic E-state index is 0.0941. The van der Waals surface area contributed by atoms with Crippen molar-refractivity contribution in [2.45, 2.75) is 26.5 Å². The lowest BCUT2D eigenvalue weighted by Crippen LogP contribution is -2.43. The maximum atomic E-state index is 11.8. The van der Waals surface area contributed by atoms with Crippen molar-refractivity contribution in [2.24, 2.45) is 5.73 Å². The highest BCUT2D eigenvalue weighted by molar-refractivity contribution is 5.76. The molecule has 1 aromatic carbocycles. The molecule has 0 saturated heterocycles. The number of hydrogen-bond donors (Lipinski definition) is 3. The van der Waals surface area contributed by atoms with Gasteiger partial charge in [0.2, 0.25) is 0 Å². The summed E-state index contributed by atoms with van der Waals surface area (Å²) >= 11 is 0. The number of nitrogens with one attached hydrogen (secondary N) is 2. The number of hydrogen-bond acceptors (Lipinski definition) is 6. The van der Waals surface area contributed by atoms with Crippen LogP contribution < -0.4 is 16.4 Å². The van der Waals surface area contributed by atoms with Gasteiger partial charge < -0.3 is 25.8 Å². The van der Waals surface area contributed by atoms with Crippen LogP contribution in [0.4, 0.5) is 4.79 Å². The number of rotatable bonds is 12. The molecule has 0 spiro atoms. The van der Waals surface area contributed by atoms with Crippen LogP contribution in [0, 0.1) is 0 Å². The zero-order valence-corrected chi connectivity index (χ0v) is 17.4. The number of alkyl carbamates (subject to hydrolysis) is 1. The molecule has 0 heterocycles. The van der Waals surface area contributed by atoms with E-state index in [0.717, 1.165) is 11.1 Å². The maximum absolute atomic E-state index is 11.8. The normalized spacial score (nSPS) is 11.3. The van der Waals surface area contributed by atoms with E-state index in [2.05, 4.69) is 23.8 Å². The number of carbonyl (C=O) groups excluding carboxylic acids is 2. The van der Waals surface area contributed by atoms with E-state index in [-0.39, 0.29) is 19.8 Å². The van der Waals surface area contributed by atoms with Crippen molar-refractivity contribution in [3.05, 3.63) is 72.9 Å². The summed E-state index contributed by atoms with van der Waals surface area (Å²) in [5, 5.41) is 5.58. The van der Waals surface area contributed by atoms with E-state index < -0.39 is 18.1 Å². The molecule has 29 heavy (non-hydrogen) atoms. The summed E-state index contributed by atoms with van der Waals surface area (Å²) < 4.78 is 10.2. The predicted octanol–water partition coefficient (Wildman–Crippen LogP) is 2.70. The van der Waals surface area contributed by atoms with Crippen molar-refractivity contribution in [1.29, 1.82) is 0 Å². The first-order valence-corrected chi connectivity index (χ1v) is 9.58. The first-order valence-electron chi connectivity index (χ1n) is 9.58. The zero-order valence-electron chi connectivity index (χ0n) is 17.4. The van der Waals surface area contributed by atoms with Crippen LogP contribution >= 0.6 is 0 Å². The van der Waals surface area contributed by atoms with Gasteiger partial charge in [-0.15, -0.1) is 0 Å². The van der Waals surface area contributed by atoms with Crippen LogP contribution in [0.1, 0.15) is 19.4 Å². The second-order valence-corrected chi connectivity index (χ2v) is 5.59. The fourth-order valence-electron chi connectivity index (χ4n) is 1.96. The average molecular weight is 404 g/mol. The quantitative estimate of drug-likeness (QED) is 0.282. The van der Waals surface area contributed by atoms with Crippen molar-refractivity contribution in [1.82, 2.24) is 10.6 Å². The molecular formula is C22H33N3O4. The third-order valence-corrected chi connectivity index (χ3v) is 3.43. The zero-order chi connectivity index (χ0) is 21.9. The van der Waals surface area contributed by atoms with E-state index >= 15 is 0 Å². The summed E-state index contributed by atoms with van der Waals surface area (Å²) in [6, 6.07) is 8.60. The van der Waals surface area contributed by atoms with Gasteiger partial charge in [-0.25, -0.2) is 4.79 Å². The van der Waals surface area contributed by atoms with Crippen LogP contribution in [0.2, 0.25) is 0 Å². The van der Waals surface area contributed by atoms with Crippen molar-refractivity contribution >= 4 is 12.1 Å². The number of ether oxygens (including phenoxy) is 2. The van der Waals surface area contributed by atoms with E-state index in [0.29, 0.717) is 13.1 Å². The Balaban J connectivity index is 0.00000379. The molecule has 0 aliphatic carbocycles. The largest absolute Gasteiger partial charge is 0.460 e. The molecule has 1 atom stereocenters. The predicted molar refractivity (Wildman–Crippen MR) is 116 cm³/mol. The SMILES string of the molecule is C=C/C=C(\C=C)COC(=O)[C@@H](N)CNCCNC(=O)OCc1ccccc1.CC. The smallest absolute Gasteiger partial charge is 0.407 e. The number of allylic oxidation sites excluding steroid dienone is 2. The van der Waals surface area contributed by atoms with Crippen LogP contribution in [0.5, 0.6) is 0 Å². The van der Waals surface area contributed by atoms with E-state index in [1.54, 1.807) is 18.2 Å². The first kappa shape index (κ1) is 26.1. The van der Waals surface area contributed by atoms with E-state index in [1.165, 1.54) is 0 Å². The van der Waals surface area contributed by atoms with Gasteiger partial charge in [0.05, 0.1) is 0 Å². The van der Waals surface area contributed by atoms with Gasteiger partial charge in [-0.2, -0.15) is 0 Å². The molecule has 0 radical (unpaired) electrons. The Kier molecular flexibility index (Phi) is 15.5. The molecule has 0 aliphatic rings. The van der Waals surface area contributed by atoms with Crippen LogP contribution in [0.25, 0.3) is 0 Å². The number of amides is 1. The average Bonchev–Trinajstić information content (AvgIpc) is 2.76. The topological polar surface area (TPSA) is 103 Å². The van der Waals surface area contributed by atoms with Gasteiger partial charge in [-0.3, -0.25) is 4.79 Å². The maximum Gasteiger partial charge on any atom is 0.407 e. The summed E-state index contributed by atoms with van der Waals surface area (Å²) in [7, 11) is 0. The Morgan fingerprint density at radius 3 is 2.45 bits per heavy atom. The molecule has 0 saturated carbocycles. The Labute approximate surface area is 173 Å². The molecule has 7 nitrogen and oxygen atoms in total. The number of carbonyl (C=O) groups is 2. The minimum Gasteiger partial charge on any atom is -0.460 e. The van der Waals surface area contributed by atoms with Crippen molar-refractivity contribution in [2.75, 3.05) is 26.2 Å². The molecule has 160 valence electrons. The van der Waals surface area contributed by atoms with Gasteiger partial charge in [0, 0.05) is 19.6 Å². The number of benzene rings is 1. The van der Waals surface area contributed by atoms with Gasteiger partial charge >= 0.3 is 12.1 Å². The summed E-state index contributed by atoms with van der Waals surface area (Å²) in [5.41, 5.74) is 7.41. The molecule has 1 aromatic rings. The minimum atomic E-state index is -0.801. The second kappa shape index (κ2) is 17.2. The first-order chi connectivity index (χ1) is 14.1. The fraction of sp³-hybridized carbons (Fsp3) is 0.364. The summed E-state index contributed by atoms with van der Waals surface area (Å²) in [6.45, 7) is 12.5. The Bertz CT molecular complexity index is 645. The molecule has 0 unspecified atom stereocenters. The highest BCUT2D eigenvalue weighted by Gasteiger charge is 2.14. The molecule has 0 bridgehead atoms. The van der Waals surface area contributed by atoms with E-state index in [9.17, 15) is 9.59 Å². The van der Waals surface area contributed by atoms with E-state index in [1.807, 2.05) is 44.2 Å². The standard InChI is InChI=1S/C20H27N3O4.C2H6/c1-3-8-16(4-2)14-26-19(24)18(21)13-22-11-12-23-20(25)27-15-17-9-6-5-7-10-17;1-2/h3-10,18,22H,1-2,11-15,21H2,(H,23,25);1-2H3/b16-8+;/t18-;/m0./s1. The molecule has 7 heteroatoms.